The number of fused-ring (bicyclic) bond motifs is 1. The van der Waals surface area contributed by atoms with Crippen LogP contribution in [0.5, 0.6) is 0 Å². The number of anilines is 1. The average Bonchev–Trinajstić information content (AvgIpc) is 2.60. The molecule has 5 heteroatoms. The highest BCUT2D eigenvalue weighted by molar-refractivity contribution is 5.80. The van der Waals surface area contributed by atoms with Gasteiger partial charge >= 0.3 is 0 Å². The molecule has 1 fully saturated rings. The number of nitrogens with two attached hydrogens (primary N) is 1. The molecule has 5 nitrogen and oxygen atoms in total. The Labute approximate surface area is 130 Å². The van der Waals surface area contributed by atoms with Crippen LogP contribution in [0.1, 0.15) is 6.92 Å². The van der Waals surface area contributed by atoms with E-state index in [2.05, 4.69) is 23.1 Å². The molecule has 2 heterocycles. The summed E-state index contributed by atoms with van der Waals surface area (Å²) in [5.41, 5.74) is 6.59. The number of nitrogens with zero attached hydrogens (tertiary/aromatic N) is 3. The van der Waals surface area contributed by atoms with Gasteiger partial charge in [-0.3, -0.25) is 4.79 Å². The third-order valence-electron chi connectivity index (χ3n) is 4.27. The number of amides is 1. The van der Waals surface area contributed by atoms with Gasteiger partial charge in [0.1, 0.15) is 5.82 Å². The van der Waals surface area contributed by atoms with Crippen molar-refractivity contribution in [1.82, 2.24) is 9.88 Å². The van der Waals surface area contributed by atoms with Gasteiger partial charge in [-0.1, -0.05) is 25.1 Å². The van der Waals surface area contributed by atoms with E-state index in [9.17, 15) is 4.79 Å². The number of piperazine rings is 1. The molecule has 0 radical (unpaired) electrons. The van der Waals surface area contributed by atoms with Crippen molar-refractivity contribution >= 4 is 22.6 Å². The van der Waals surface area contributed by atoms with Crippen LogP contribution in [-0.2, 0) is 4.79 Å². The van der Waals surface area contributed by atoms with E-state index in [1.54, 1.807) is 0 Å². The predicted octanol–water partition coefficient (Wildman–Crippen LogP) is 1.48. The molecule has 1 aromatic carbocycles. The van der Waals surface area contributed by atoms with Gasteiger partial charge in [-0.25, -0.2) is 4.98 Å². The summed E-state index contributed by atoms with van der Waals surface area (Å²) in [6, 6.07) is 12.3. The predicted molar refractivity (Wildman–Crippen MR) is 88.8 cm³/mol. The quantitative estimate of drug-likeness (QED) is 0.932. The third kappa shape index (κ3) is 2.90. The number of para-hydroxylation sites is 1. The highest BCUT2D eigenvalue weighted by Crippen LogP contribution is 2.19. The summed E-state index contributed by atoms with van der Waals surface area (Å²) in [6.07, 6.45) is 0. The summed E-state index contributed by atoms with van der Waals surface area (Å²) >= 11 is 0. The Morgan fingerprint density at radius 2 is 1.91 bits per heavy atom. The van der Waals surface area contributed by atoms with Crippen LogP contribution in [-0.4, -0.2) is 48.5 Å². The molecular weight excluding hydrogens is 276 g/mol. The SMILES string of the molecule is CC(CN)C(=O)N1CCN(c2ccc3ccccc3n2)CC1. The second-order valence-corrected chi connectivity index (χ2v) is 5.81. The van der Waals surface area contributed by atoms with E-state index >= 15 is 0 Å². The summed E-state index contributed by atoms with van der Waals surface area (Å²) in [4.78, 5) is 21.0. The highest BCUT2D eigenvalue weighted by atomic mass is 16.2. The number of benzene rings is 1. The number of pyridine rings is 1. The Balaban J connectivity index is 1.68. The van der Waals surface area contributed by atoms with Crippen LogP contribution in [0.15, 0.2) is 36.4 Å². The van der Waals surface area contributed by atoms with Gasteiger partial charge in [-0.15, -0.1) is 0 Å². The Morgan fingerprint density at radius 3 is 2.64 bits per heavy atom. The Morgan fingerprint density at radius 1 is 1.18 bits per heavy atom. The smallest absolute Gasteiger partial charge is 0.226 e. The van der Waals surface area contributed by atoms with Gasteiger partial charge in [-0.05, 0) is 18.2 Å². The molecule has 1 aliphatic heterocycles. The van der Waals surface area contributed by atoms with Crippen LogP contribution in [0.25, 0.3) is 10.9 Å². The fourth-order valence-corrected chi connectivity index (χ4v) is 2.80. The number of hydrogen-bond donors (Lipinski definition) is 1. The molecule has 22 heavy (non-hydrogen) atoms. The normalized spacial score (nSPS) is 16.8. The fraction of sp³-hybridized carbons (Fsp3) is 0.412. The second-order valence-electron chi connectivity index (χ2n) is 5.81. The number of carbonyl (C=O) groups is 1. The zero-order valence-corrected chi connectivity index (χ0v) is 12.9. The van der Waals surface area contributed by atoms with Gasteiger partial charge in [-0.2, -0.15) is 0 Å². The Hall–Kier alpha value is -2.14. The number of carbonyl (C=O) groups excluding carboxylic acids is 1. The molecule has 2 N–H and O–H groups in total. The van der Waals surface area contributed by atoms with Crippen LogP contribution >= 0.6 is 0 Å². The molecule has 2 aromatic rings. The highest BCUT2D eigenvalue weighted by Gasteiger charge is 2.24. The van der Waals surface area contributed by atoms with Crippen LogP contribution in [0.2, 0.25) is 0 Å². The van der Waals surface area contributed by atoms with E-state index in [4.69, 9.17) is 10.7 Å². The number of rotatable bonds is 3. The average molecular weight is 298 g/mol. The van der Waals surface area contributed by atoms with Crippen molar-refractivity contribution in [2.75, 3.05) is 37.6 Å². The molecule has 1 unspecified atom stereocenters. The van der Waals surface area contributed by atoms with Gasteiger partial charge in [0.05, 0.1) is 5.52 Å². The minimum absolute atomic E-state index is 0.0923. The van der Waals surface area contributed by atoms with Crippen molar-refractivity contribution in [1.29, 1.82) is 0 Å². The molecule has 1 aromatic heterocycles. The van der Waals surface area contributed by atoms with Crippen molar-refractivity contribution in [3.8, 4) is 0 Å². The van der Waals surface area contributed by atoms with Crippen LogP contribution in [0.3, 0.4) is 0 Å². The van der Waals surface area contributed by atoms with Crippen LogP contribution in [0.4, 0.5) is 5.82 Å². The Bertz CT molecular complexity index is 665. The molecule has 1 atom stereocenters. The molecular formula is C17H22N4O. The topological polar surface area (TPSA) is 62.5 Å². The molecule has 1 aliphatic rings. The van der Waals surface area contributed by atoms with E-state index in [1.165, 1.54) is 0 Å². The van der Waals surface area contributed by atoms with E-state index in [-0.39, 0.29) is 11.8 Å². The minimum atomic E-state index is -0.0923. The molecule has 116 valence electrons. The molecule has 0 saturated carbocycles. The van der Waals surface area contributed by atoms with Crippen molar-refractivity contribution in [3.05, 3.63) is 36.4 Å². The van der Waals surface area contributed by atoms with Gasteiger partial charge in [0, 0.05) is 44.0 Å². The lowest BCUT2D eigenvalue weighted by molar-refractivity contribution is -0.134. The maximum absolute atomic E-state index is 12.2. The van der Waals surface area contributed by atoms with Gasteiger partial charge in [0.25, 0.3) is 0 Å². The van der Waals surface area contributed by atoms with Gasteiger partial charge in [0.15, 0.2) is 0 Å². The van der Waals surface area contributed by atoms with E-state index in [0.29, 0.717) is 6.54 Å². The first kappa shape index (κ1) is 14.8. The van der Waals surface area contributed by atoms with E-state index < -0.39 is 0 Å². The first-order valence-corrected chi connectivity index (χ1v) is 7.78. The monoisotopic (exact) mass is 298 g/mol. The molecule has 0 aliphatic carbocycles. The lowest BCUT2D eigenvalue weighted by Crippen LogP contribution is -2.51. The van der Waals surface area contributed by atoms with Gasteiger partial charge < -0.3 is 15.5 Å². The zero-order valence-electron chi connectivity index (χ0n) is 12.9. The fourth-order valence-electron chi connectivity index (χ4n) is 2.80. The summed E-state index contributed by atoms with van der Waals surface area (Å²) in [5, 5.41) is 1.15. The summed E-state index contributed by atoms with van der Waals surface area (Å²) in [7, 11) is 0. The first-order chi connectivity index (χ1) is 10.7. The zero-order chi connectivity index (χ0) is 15.5. The molecule has 3 rings (SSSR count). The molecule has 1 amide bonds. The van der Waals surface area contributed by atoms with E-state index in [0.717, 1.165) is 42.9 Å². The van der Waals surface area contributed by atoms with Crippen molar-refractivity contribution in [2.24, 2.45) is 11.7 Å². The number of hydrogen-bond acceptors (Lipinski definition) is 4. The number of aromatic nitrogens is 1. The summed E-state index contributed by atoms with van der Waals surface area (Å²) in [5.74, 6) is 1.05. The van der Waals surface area contributed by atoms with Crippen molar-refractivity contribution in [2.45, 2.75) is 6.92 Å². The lowest BCUT2D eigenvalue weighted by atomic mass is 10.1. The molecule has 1 saturated heterocycles. The summed E-state index contributed by atoms with van der Waals surface area (Å²) < 4.78 is 0. The first-order valence-electron chi connectivity index (χ1n) is 7.78. The summed E-state index contributed by atoms with van der Waals surface area (Å²) in [6.45, 7) is 5.39. The van der Waals surface area contributed by atoms with Crippen molar-refractivity contribution < 1.29 is 4.79 Å². The maximum atomic E-state index is 12.2. The minimum Gasteiger partial charge on any atom is -0.353 e. The third-order valence-corrected chi connectivity index (χ3v) is 4.27. The standard InChI is InChI=1S/C17H22N4O/c1-13(12-18)17(22)21-10-8-20(9-11-21)16-7-6-14-4-2-3-5-15(14)19-16/h2-7,13H,8-12,18H2,1H3. The largest absolute Gasteiger partial charge is 0.353 e. The van der Waals surface area contributed by atoms with Gasteiger partial charge in [0.2, 0.25) is 5.91 Å². The van der Waals surface area contributed by atoms with E-state index in [1.807, 2.05) is 30.0 Å². The Kier molecular flexibility index (Phi) is 4.24. The molecule has 0 spiro atoms. The second kappa shape index (κ2) is 6.32. The maximum Gasteiger partial charge on any atom is 0.226 e. The molecule has 0 bridgehead atoms. The van der Waals surface area contributed by atoms with Crippen LogP contribution < -0.4 is 10.6 Å². The lowest BCUT2D eigenvalue weighted by Gasteiger charge is -2.36. The van der Waals surface area contributed by atoms with Crippen molar-refractivity contribution in [3.63, 3.8) is 0 Å². The van der Waals surface area contributed by atoms with Crippen LogP contribution in [0, 0.1) is 5.92 Å².